The Morgan fingerprint density at radius 3 is 2.27 bits per heavy atom. The van der Waals surface area contributed by atoms with Gasteiger partial charge in [-0.1, -0.05) is 48.9 Å². The molecule has 2 aromatic heterocycles. The Hall–Kier alpha value is -4.23. The monoisotopic (exact) mass is 671 g/mol. The maximum atomic E-state index is 14.4. The topological polar surface area (TPSA) is 81.3 Å². The molecule has 2 N–H and O–H groups in total. The number of H-pyrrole nitrogens is 1. The smallest absolute Gasteiger partial charge is 0.337 e. The summed E-state index contributed by atoms with van der Waals surface area (Å²) in [4.78, 5) is 38.4. The number of pyridine rings is 2. The summed E-state index contributed by atoms with van der Waals surface area (Å²) in [5.41, 5.74) is -1.89. The van der Waals surface area contributed by atoms with Crippen molar-refractivity contribution in [2.45, 2.75) is 63.1 Å². The van der Waals surface area contributed by atoms with Crippen LogP contribution in [0.4, 0.5) is 26.3 Å². The van der Waals surface area contributed by atoms with Crippen molar-refractivity contribution in [1.82, 2.24) is 25.1 Å². The second kappa shape index (κ2) is 13.7. The summed E-state index contributed by atoms with van der Waals surface area (Å²) in [5.74, 6) is -1.14. The van der Waals surface area contributed by atoms with Crippen LogP contribution in [-0.4, -0.2) is 64.1 Å². The molecule has 2 aliphatic heterocycles. The summed E-state index contributed by atoms with van der Waals surface area (Å²) >= 11 is 0. The van der Waals surface area contributed by atoms with Gasteiger partial charge in [-0.2, -0.15) is 26.3 Å². The minimum atomic E-state index is -4.88. The molecule has 2 saturated heterocycles. The van der Waals surface area contributed by atoms with E-state index in [2.05, 4.69) is 20.2 Å². The van der Waals surface area contributed by atoms with Gasteiger partial charge in [0.15, 0.2) is 6.04 Å². The van der Waals surface area contributed by atoms with Crippen LogP contribution in [0.5, 0.6) is 0 Å². The number of likely N-dealkylation sites (tertiary alicyclic amines) is 2. The SMILES string of the molecule is O=C(NC(c1ccccc1)C(F)(F)F)c1c(CN2CCC(N3CCCCC3)CC2)c(-c2cccc(C(F)(F)F)c2)nc2ccc(=O)[nH]c12. The van der Waals surface area contributed by atoms with Gasteiger partial charge in [0.2, 0.25) is 5.56 Å². The number of amides is 1. The van der Waals surface area contributed by atoms with Crippen LogP contribution in [0.15, 0.2) is 71.5 Å². The first-order chi connectivity index (χ1) is 22.9. The third-order valence-corrected chi connectivity index (χ3v) is 9.24. The summed E-state index contributed by atoms with van der Waals surface area (Å²) in [6.45, 7) is 3.27. The molecule has 6 rings (SSSR count). The number of aromatic amines is 1. The zero-order chi connectivity index (χ0) is 34.1. The Morgan fingerprint density at radius 2 is 1.60 bits per heavy atom. The number of hydrogen-bond acceptors (Lipinski definition) is 5. The molecular weight excluding hydrogens is 636 g/mol. The van der Waals surface area contributed by atoms with Crippen molar-refractivity contribution in [3.8, 4) is 11.3 Å². The Balaban J connectivity index is 1.47. The molecule has 2 aliphatic rings. The lowest BCUT2D eigenvalue weighted by molar-refractivity contribution is -0.155. The van der Waals surface area contributed by atoms with Crippen LogP contribution in [0.2, 0.25) is 0 Å². The fourth-order valence-corrected chi connectivity index (χ4v) is 6.85. The van der Waals surface area contributed by atoms with Crippen molar-refractivity contribution in [3.05, 3.63) is 99.3 Å². The summed E-state index contributed by atoms with van der Waals surface area (Å²) < 4.78 is 84.7. The minimum Gasteiger partial charge on any atom is -0.337 e. The van der Waals surface area contributed by atoms with Crippen LogP contribution in [0, 0.1) is 0 Å². The third-order valence-electron chi connectivity index (χ3n) is 9.24. The quantitative estimate of drug-likeness (QED) is 0.205. The fourth-order valence-electron chi connectivity index (χ4n) is 6.85. The summed E-state index contributed by atoms with van der Waals surface area (Å²) in [5, 5.41) is 2.12. The summed E-state index contributed by atoms with van der Waals surface area (Å²) in [7, 11) is 0. The zero-order valence-electron chi connectivity index (χ0n) is 26.0. The molecule has 1 unspecified atom stereocenters. The van der Waals surface area contributed by atoms with Crippen molar-refractivity contribution in [1.29, 1.82) is 0 Å². The van der Waals surface area contributed by atoms with Gasteiger partial charge in [-0.05, 0) is 75.6 Å². The molecule has 2 fully saturated rings. The molecule has 4 heterocycles. The van der Waals surface area contributed by atoms with Gasteiger partial charge in [0, 0.05) is 29.8 Å². The molecule has 0 saturated carbocycles. The summed E-state index contributed by atoms with van der Waals surface area (Å²) in [6.07, 6.45) is -4.43. The van der Waals surface area contributed by atoms with Crippen LogP contribution >= 0.6 is 0 Å². The highest BCUT2D eigenvalue weighted by Crippen LogP contribution is 2.37. The lowest BCUT2D eigenvalue weighted by Gasteiger charge is -2.40. The van der Waals surface area contributed by atoms with E-state index in [4.69, 9.17) is 0 Å². The molecule has 2 aromatic carbocycles. The standard InChI is InChI=1S/C35H35F6N5O2/c36-34(37,38)24-11-7-10-23(20-24)30-26(21-45-18-14-25(15-19-45)46-16-5-2-6-17-46)29(31-27(42-30)12-13-28(47)43-31)33(48)44-32(35(39,40)41)22-8-3-1-4-9-22/h1,3-4,7-13,20,25,32H,2,5-6,14-19,21H2,(H,43,47)(H,44,48). The van der Waals surface area contributed by atoms with Crippen molar-refractivity contribution in [2.24, 2.45) is 0 Å². The molecule has 0 aliphatic carbocycles. The normalized spacial score (nSPS) is 17.8. The number of rotatable bonds is 7. The van der Waals surface area contributed by atoms with Gasteiger partial charge in [0.05, 0.1) is 27.9 Å². The zero-order valence-corrected chi connectivity index (χ0v) is 26.0. The number of hydrogen-bond donors (Lipinski definition) is 2. The molecule has 1 atom stereocenters. The van der Waals surface area contributed by atoms with Gasteiger partial charge in [-0.25, -0.2) is 4.98 Å². The highest BCUT2D eigenvalue weighted by Gasteiger charge is 2.43. The molecule has 0 radical (unpaired) electrons. The molecule has 13 heteroatoms. The second-order valence-electron chi connectivity index (χ2n) is 12.4. The first kappa shape index (κ1) is 33.7. The third kappa shape index (κ3) is 7.41. The molecule has 4 aromatic rings. The van der Waals surface area contributed by atoms with Crippen LogP contribution < -0.4 is 10.9 Å². The molecule has 48 heavy (non-hydrogen) atoms. The number of nitrogens with zero attached hydrogens (tertiary/aromatic N) is 3. The highest BCUT2D eigenvalue weighted by molar-refractivity contribution is 6.07. The lowest BCUT2D eigenvalue weighted by Crippen LogP contribution is -2.46. The Morgan fingerprint density at radius 1 is 0.896 bits per heavy atom. The lowest BCUT2D eigenvalue weighted by atomic mass is 9.94. The predicted octanol–water partition coefficient (Wildman–Crippen LogP) is 7.09. The van der Waals surface area contributed by atoms with Gasteiger partial charge in [-0.3, -0.25) is 14.5 Å². The van der Waals surface area contributed by atoms with Crippen LogP contribution in [0.1, 0.15) is 65.2 Å². The Labute approximate surface area is 273 Å². The average Bonchev–Trinajstić information content (AvgIpc) is 3.07. The Bertz CT molecular complexity index is 1810. The molecule has 254 valence electrons. The molecule has 1 amide bonds. The van der Waals surface area contributed by atoms with E-state index in [0.29, 0.717) is 19.1 Å². The van der Waals surface area contributed by atoms with E-state index < -0.39 is 35.4 Å². The number of piperidine rings is 2. The molecular formula is C35H35F6N5O2. The highest BCUT2D eigenvalue weighted by atomic mass is 19.4. The maximum Gasteiger partial charge on any atom is 0.416 e. The minimum absolute atomic E-state index is 0.0168. The number of alkyl halides is 6. The number of nitrogens with one attached hydrogen (secondary N) is 2. The van der Waals surface area contributed by atoms with E-state index >= 15 is 0 Å². The van der Waals surface area contributed by atoms with Crippen molar-refractivity contribution in [2.75, 3.05) is 26.2 Å². The van der Waals surface area contributed by atoms with E-state index in [1.807, 2.05) is 4.90 Å². The van der Waals surface area contributed by atoms with Crippen LogP contribution in [0.3, 0.4) is 0 Å². The van der Waals surface area contributed by atoms with E-state index in [1.54, 1.807) is 6.07 Å². The Kier molecular flexibility index (Phi) is 9.62. The first-order valence-corrected chi connectivity index (χ1v) is 16.0. The first-order valence-electron chi connectivity index (χ1n) is 16.0. The van der Waals surface area contributed by atoms with Crippen LogP contribution in [-0.2, 0) is 12.7 Å². The largest absolute Gasteiger partial charge is 0.416 e. The van der Waals surface area contributed by atoms with Crippen molar-refractivity contribution >= 4 is 16.9 Å². The van der Waals surface area contributed by atoms with Gasteiger partial charge in [0.1, 0.15) is 0 Å². The van der Waals surface area contributed by atoms with E-state index in [-0.39, 0.29) is 45.5 Å². The molecule has 0 bridgehead atoms. The predicted molar refractivity (Wildman–Crippen MR) is 169 cm³/mol. The molecule has 7 nitrogen and oxygen atoms in total. The number of carbonyl (C=O) groups excluding carboxylic acids is 1. The van der Waals surface area contributed by atoms with E-state index in [1.165, 1.54) is 48.9 Å². The second-order valence-corrected chi connectivity index (χ2v) is 12.4. The van der Waals surface area contributed by atoms with Crippen molar-refractivity contribution < 1.29 is 31.1 Å². The fraction of sp³-hybridized carbons (Fsp3) is 0.400. The number of carbonyl (C=O) groups is 1. The van der Waals surface area contributed by atoms with Gasteiger partial charge < -0.3 is 15.2 Å². The van der Waals surface area contributed by atoms with Crippen molar-refractivity contribution in [3.63, 3.8) is 0 Å². The number of benzene rings is 2. The van der Waals surface area contributed by atoms with E-state index in [9.17, 15) is 35.9 Å². The van der Waals surface area contributed by atoms with Gasteiger partial charge in [0.25, 0.3) is 5.91 Å². The average molecular weight is 672 g/mol. The van der Waals surface area contributed by atoms with E-state index in [0.717, 1.165) is 57.0 Å². The molecule has 0 spiro atoms. The van der Waals surface area contributed by atoms with Gasteiger partial charge >= 0.3 is 12.4 Å². The van der Waals surface area contributed by atoms with Gasteiger partial charge in [-0.15, -0.1) is 0 Å². The number of aromatic nitrogens is 2. The summed E-state index contributed by atoms with van der Waals surface area (Å²) in [6, 6.07) is 11.8. The number of halogens is 6. The van der Waals surface area contributed by atoms with Crippen LogP contribution in [0.25, 0.3) is 22.3 Å². The maximum absolute atomic E-state index is 14.4. The number of fused-ring (bicyclic) bond motifs is 1.